The van der Waals surface area contributed by atoms with Crippen molar-refractivity contribution in [2.24, 2.45) is 7.05 Å². The Labute approximate surface area is 118 Å². The minimum absolute atomic E-state index is 0.129. The molecule has 0 saturated heterocycles. The van der Waals surface area contributed by atoms with E-state index < -0.39 is 0 Å². The molecular weight excluding hydrogens is 294 g/mol. The van der Waals surface area contributed by atoms with Gasteiger partial charge in [0.25, 0.3) is 0 Å². The molecule has 0 bridgehead atoms. The summed E-state index contributed by atoms with van der Waals surface area (Å²) in [5.74, 6) is 0. The molecule has 1 unspecified atom stereocenters. The van der Waals surface area contributed by atoms with Gasteiger partial charge in [-0.05, 0) is 35.3 Å². The maximum atomic E-state index is 5.86. The van der Waals surface area contributed by atoms with Gasteiger partial charge < -0.3 is 10.1 Å². The summed E-state index contributed by atoms with van der Waals surface area (Å²) in [5.41, 5.74) is 0.939. The highest BCUT2D eigenvalue weighted by Gasteiger charge is 2.39. The Morgan fingerprint density at radius 2 is 2.06 bits per heavy atom. The summed E-state index contributed by atoms with van der Waals surface area (Å²) in [7, 11) is 3.76. The number of hydrogen-bond donors (Lipinski definition) is 1. The van der Waals surface area contributed by atoms with Crippen molar-refractivity contribution in [2.45, 2.75) is 45.3 Å². The first-order valence-corrected chi connectivity index (χ1v) is 7.31. The first-order chi connectivity index (χ1) is 8.56. The second-order valence-corrected chi connectivity index (χ2v) is 5.32. The Hall–Kier alpha value is -0.390. The summed E-state index contributed by atoms with van der Waals surface area (Å²) >= 11 is 3.59. The Kier molecular flexibility index (Phi) is 5.82. The number of nitrogens with zero attached hydrogens (tertiary/aromatic N) is 2. The molecule has 0 aromatic carbocycles. The van der Waals surface area contributed by atoms with Gasteiger partial charge in [0.2, 0.25) is 0 Å². The van der Waals surface area contributed by atoms with Crippen molar-refractivity contribution >= 4 is 15.9 Å². The zero-order valence-corrected chi connectivity index (χ0v) is 13.5. The highest BCUT2D eigenvalue weighted by molar-refractivity contribution is 9.10. The van der Waals surface area contributed by atoms with Crippen molar-refractivity contribution in [1.29, 1.82) is 0 Å². The molecule has 0 spiro atoms. The lowest BCUT2D eigenvalue weighted by Crippen LogP contribution is -2.45. The average Bonchev–Trinajstić information content (AvgIpc) is 2.70. The quantitative estimate of drug-likeness (QED) is 0.840. The van der Waals surface area contributed by atoms with E-state index in [4.69, 9.17) is 4.74 Å². The molecule has 0 aliphatic heterocycles. The number of rotatable bonds is 7. The average molecular weight is 318 g/mol. The van der Waals surface area contributed by atoms with Crippen molar-refractivity contribution in [3.63, 3.8) is 0 Å². The Balaban J connectivity index is 3.24. The Morgan fingerprint density at radius 1 is 1.44 bits per heavy atom. The minimum Gasteiger partial charge on any atom is -0.376 e. The highest BCUT2D eigenvalue weighted by Crippen LogP contribution is 2.37. The zero-order valence-electron chi connectivity index (χ0n) is 12.0. The van der Waals surface area contributed by atoms with Crippen LogP contribution in [0.4, 0.5) is 0 Å². The molecule has 1 N–H and O–H groups in total. The predicted molar refractivity (Wildman–Crippen MR) is 77.6 cm³/mol. The van der Waals surface area contributed by atoms with Crippen LogP contribution >= 0.6 is 15.9 Å². The number of ether oxygens (including phenoxy) is 1. The second-order valence-electron chi connectivity index (χ2n) is 4.47. The second kappa shape index (κ2) is 6.68. The van der Waals surface area contributed by atoms with Gasteiger partial charge in [0.05, 0.1) is 28.0 Å². The van der Waals surface area contributed by atoms with Gasteiger partial charge in [-0.15, -0.1) is 0 Å². The maximum Gasteiger partial charge on any atom is 0.0882 e. The highest BCUT2D eigenvalue weighted by atomic mass is 79.9. The molecule has 1 atom stereocenters. The standard InChI is InChI=1S/C13H24BrN3O/c1-6-13(7-2,18-5)12(15-8-3)11-10(14)9-16-17(11)4/h9,12,15H,6-8H2,1-5H3. The van der Waals surface area contributed by atoms with Gasteiger partial charge in [-0.1, -0.05) is 20.8 Å². The summed E-state index contributed by atoms with van der Waals surface area (Å²) < 4.78 is 8.80. The smallest absolute Gasteiger partial charge is 0.0882 e. The van der Waals surface area contributed by atoms with Crippen LogP contribution in [0.25, 0.3) is 0 Å². The van der Waals surface area contributed by atoms with Crippen LogP contribution in [0.2, 0.25) is 0 Å². The number of likely N-dealkylation sites (N-methyl/N-ethyl adjacent to an activating group) is 1. The van der Waals surface area contributed by atoms with Crippen LogP contribution in [-0.4, -0.2) is 29.0 Å². The molecule has 1 aromatic rings. The fraction of sp³-hybridized carbons (Fsp3) is 0.769. The van der Waals surface area contributed by atoms with Crippen LogP contribution in [0.1, 0.15) is 45.3 Å². The van der Waals surface area contributed by atoms with E-state index in [1.54, 1.807) is 7.11 Å². The fourth-order valence-corrected chi connectivity index (χ4v) is 3.12. The van der Waals surface area contributed by atoms with Crippen molar-refractivity contribution in [3.8, 4) is 0 Å². The molecule has 104 valence electrons. The summed E-state index contributed by atoms with van der Waals surface area (Å²) in [6.45, 7) is 7.35. The van der Waals surface area contributed by atoms with Crippen LogP contribution in [0.5, 0.6) is 0 Å². The van der Waals surface area contributed by atoms with Gasteiger partial charge in [-0.2, -0.15) is 5.10 Å². The zero-order chi connectivity index (χ0) is 13.8. The van der Waals surface area contributed by atoms with Crippen LogP contribution in [0.3, 0.4) is 0 Å². The van der Waals surface area contributed by atoms with Gasteiger partial charge in [0.15, 0.2) is 0 Å². The molecule has 0 amide bonds. The third-order valence-electron chi connectivity index (χ3n) is 3.75. The monoisotopic (exact) mass is 317 g/mol. The molecule has 1 aromatic heterocycles. The fourth-order valence-electron chi connectivity index (χ4n) is 2.55. The van der Waals surface area contributed by atoms with Gasteiger partial charge in [-0.3, -0.25) is 4.68 Å². The molecule has 0 saturated carbocycles. The van der Waals surface area contributed by atoms with E-state index >= 15 is 0 Å². The van der Waals surface area contributed by atoms with Crippen LogP contribution < -0.4 is 5.32 Å². The third-order valence-corrected chi connectivity index (χ3v) is 4.36. The van der Waals surface area contributed by atoms with Crippen molar-refractivity contribution in [2.75, 3.05) is 13.7 Å². The molecular formula is C13H24BrN3O. The SMILES string of the molecule is CCNC(c1c(Br)cnn1C)C(CC)(CC)OC. The van der Waals surface area contributed by atoms with Crippen molar-refractivity contribution < 1.29 is 4.74 Å². The lowest BCUT2D eigenvalue weighted by molar-refractivity contribution is -0.0503. The van der Waals surface area contributed by atoms with Crippen LogP contribution in [0.15, 0.2) is 10.7 Å². The molecule has 1 rings (SSSR count). The summed E-state index contributed by atoms with van der Waals surface area (Å²) in [6, 6.07) is 0.129. The van der Waals surface area contributed by atoms with E-state index in [1.165, 1.54) is 0 Å². The van der Waals surface area contributed by atoms with Crippen molar-refractivity contribution in [1.82, 2.24) is 15.1 Å². The van der Waals surface area contributed by atoms with E-state index in [2.05, 4.69) is 47.1 Å². The van der Waals surface area contributed by atoms with E-state index in [0.717, 1.165) is 29.6 Å². The van der Waals surface area contributed by atoms with E-state index in [9.17, 15) is 0 Å². The molecule has 4 nitrogen and oxygen atoms in total. The predicted octanol–water partition coefficient (Wildman–Crippen LogP) is 3.04. The van der Waals surface area contributed by atoms with Crippen LogP contribution in [0, 0.1) is 0 Å². The molecule has 0 fully saturated rings. The van der Waals surface area contributed by atoms with Crippen molar-refractivity contribution in [3.05, 3.63) is 16.4 Å². The number of hydrogen-bond acceptors (Lipinski definition) is 3. The van der Waals surface area contributed by atoms with Crippen LogP contribution in [-0.2, 0) is 11.8 Å². The minimum atomic E-state index is -0.202. The van der Waals surface area contributed by atoms with Gasteiger partial charge in [0, 0.05) is 14.2 Å². The first kappa shape index (κ1) is 15.7. The molecule has 1 heterocycles. The van der Waals surface area contributed by atoms with Gasteiger partial charge >= 0.3 is 0 Å². The van der Waals surface area contributed by atoms with Gasteiger partial charge in [0.1, 0.15) is 0 Å². The van der Waals surface area contributed by atoms with E-state index in [1.807, 2.05) is 17.9 Å². The van der Waals surface area contributed by atoms with Gasteiger partial charge in [-0.25, -0.2) is 0 Å². The van der Waals surface area contributed by atoms with E-state index in [-0.39, 0.29) is 11.6 Å². The first-order valence-electron chi connectivity index (χ1n) is 6.52. The summed E-state index contributed by atoms with van der Waals surface area (Å²) in [6.07, 6.45) is 3.75. The third kappa shape index (κ3) is 2.78. The number of aryl methyl sites for hydroxylation is 1. The number of aromatic nitrogens is 2. The molecule has 0 aliphatic carbocycles. The Morgan fingerprint density at radius 3 is 2.39 bits per heavy atom. The number of nitrogens with one attached hydrogen (secondary N) is 1. The van der Waals surface area contributed by atoms with E-state index in [0.29, 0.717) is 0 Å². The molecule has 18 heavy (non-hydrogen) atoms. The Bertz CT molecular complexity index is 347. The normalized spacial score (nSPS) is 13.9. The largest absolute Gasteiger partial charge is 0.376 e. The summed E-state index contributed by atoms with van der Waals surface area (Å²) in [4.78, 5) is 0. The summed E-state index contributed by atoms with van der Waals surface area (Å²) in [5, 5.41) is 7.85. The maximum absolute atomic E-state index is 5.86. The number of methoxy groups -OCH3 is 1. The lowest BCUT2D eigenvalue weighted by Gasteiger charge is -2.39. The molecule has 5 heteroatoms. The topological polar surface area (TPSA) is 39.1 Å². The lowest BCUT2D eigenvalue weighted by atomic mass is 9.86. The molecule has 0 radical (unpaired) electrons. The molecule has 0 aliphatic rings. The number of halogens is 1.